The van der Waals surface area contributed by atoms with Crippen LogP contribution in [-0.4, -0.2) is 11.1 Å². The fourth-order valence-electron chi connectivity index (χ4n) is 1.25. The summed E-state index contributed by atoms with van der Waals surface area (Å²) >= 11 is 8.90. The van der Waals surface area contributed by atoms with Gasteiger partial charge < -0.3 is 5.11 Å². The summed E-state index contributed by atoms with van der Waals surface area (Å²) in [5.41, 5.74) is -0.825. The average molecular weight is 310 g/mol. The van der Waals surface area contributed by atoms with Gasteiger partial charge in [-0.15, -0.1) is 0 Å². The molecule has 0 aliphatic rings. The van der Waals surface area contributed by atoms with E-state index in [2.05, 4.69) is 15.9 Å². The molecule has 0 saturated carbocycles. The Labute approximate surface area is 107 Å². The highest BCUT2D eigenvalue weighted by atomic mass is 79.9. The van der Waals surface area contributed by atoms with E-state index in [0.29, 0.717) is 0 Å². The molecule has 0 amide bonds. The molecule has 0 aromatic heterocycles. The number of aliphatic carboxylic acids is 1. The number of hydrogen-bond acceptors (Lipinski definition) is 1. The Morgan fingerprint density at radius 3 is 2.62 bits per heavy atom. The zero-order valence-electron chi connectivity index (χ0n) is 8.85. The lowest BCUT2D eigenvalue weighted by Gasteiger charge is -2.20. The standard InChI is InChI=1S/C11H11BrClFO2/c1-11(2,10(15)16)5-6-8(13)4-3-7(12)9(6)14/h3-4H,5H2,1-2H3,(H,15,16). The Balaban J connectivity index is 3.15. The van der Waals surface area contributed by atoms with E-state index < -0.39 is 17.2 Å². The van der Waals surface area contributed by atoms with Crippen molar-refractivity contribution < 1.29 is 14.3 Å². The molecule has 0 spiro atoms. The molecule has 0 atom stereocenters. The molecule has 0 aliphatic carbocycles. The lowest BCUT2D eigenvalue weighted by molar-refractivity contribution is -0.146. The number of carboxylic acid groups (broad SMARTS) is 1. The molecule has 0 radical (unpaired) electrons. The van der Waals surface area contributed by atoms with Crippen molar-refractivity contribution in [3.05, 3.63) is 33.0 Å². The number of benzene rings is 1. The summed E-state index contributed by atoms with van der Waals surface area (Å²) in [6.45, 7) is 3.07. The monoisotopic (exact) mass is 308 g/mol. The van der Waals surface area contributed by atoms with Crippen molar-refractivity contribution in [3.63, 3.8) is 0 Å². The first-order chi connectivity index (χ1) is 7.25. The Bertz CT molecular complexity index is 432. The number of halogens is 3. The van der Waals surface area contributed by atoms with Crippen LogP contribution in [0.3, 0.4) is 0 Å². The molecule has 0 bridgehead atoms. The van der Waals surface area contributed by atoms with Crippen molar-refractivity contribution in [3.8, 4) is 0 Å². The predicted molar refractivity (Wildman–Crippen MR) is 64.2 cm³/mol. The fourth-order valence-corrected chi connectivity index (χ4v) is 1.83. The van der Waals surface area contributed by atoms with Gasteiger partial charge in [-0.3, -0.25) is 4.79 Å². The van der Waals surface area contributed by atoms with Crippen LogP contribution < -0.4 is 0 Å². The van der Waals surface area contributed by atoms with Gasteiger partial charge in [-0.25, -0.2) is 4.39 Å². The Morgan fingerprint density at radius 2 is 2.12 bits per heavy atom. The van der Waals surface area contributed by atoms with E-state index in [0.717, 1.165) is 0 Å². The molecule has 2 nitrogen and oxygen atoms in total. The fraction of sp³-hybridized carbons (Fsp3) is 0.364. The molecule has 0 aliphatic heterocycles. The van der Waals surface area contributed by atoms with Gasteiger partial charge in [-0.1, -0.05) is 11.6 Å². The number of rotatable bonds is 3. The van der Waals surface area contributed by atoms with Crippen molar-refractivity contribution in [1.82, 2.24) is 0 Å². The summed E-state index contributed by atoms with van der Waals surface area (Å²) in [5.74, 6) is -1.48. The first-order valence-corrected chi connectivity index (χ1v) is 5.78. The molecular weight excluding hydrogens is 298 g/mol. The van der Waals surface area contributed by atoms with E-state index in [9.17, 15) is 9.18 Å². The van der Waals surface area contributed by atoms with Crippen molar-refractivity contribution in [2.45, 2.75) is 20.3 Å². The first-order valence-electron chi connectivity index (χ1n) is 4.61. The second-order valence-electron chi connectivity index (χ2n) is 4.19. The van der Waals surface area contributed by atoms with E-state index >= 15 is 0 Å². The lowest BCUT2D eigenvalue weighted by atomic mass is 9.86. The predicted octanol–water partition coefficient (Wildman–Crippen LogP) is 3.89. The smallest absolute Gasteiger partial charge is 0.309 e. The normalized spacial score (nSPS) is 11.6. The maximum absolute atomic E-state index is 13.7. The van der Waals surface area contributed by atoms with Gasteiger partial charge >= 0.3 is 5.97 Å². The van der Waals surface area contributed by atoms with Gasteiger partial charge in [0.2, 0.25) is 0 Å². The molecule has 16 heavy (non-hydrogen) atoms. The minimum atomic E-state index is -1.05. The van der Waals surface area contributed by atoms with Crippen molar-refractivity contribution in [2.24, 2.45) is 5.41 Å². The third-order valence-corrected chi connectivity index (χ3v) is 3.30. The Morgan fingerprint density at radius 1 is 1.56 bits per heavy atom. The molecule has 1 rings (SSSR count). The van der Waals surface area contributed by atoms with Gasteiger partial charge in [-0.2, -0.15) is 0 Å². The van der Waals surface area contributed by atoms with E-state index in [4.69, 9.17) is 16.7 Å². The lowest BCUT2D eigenvalue weighted by Crippen LogP contribution is -2.26. The van der Waals surface area contributed by atoms with Crippen LogP contribution in [0.4, 0.5) is 4.39 Å². The van der Waals surface area contributed by atoms with Crippen LogP contribution in [0.25, 0.3) is 0 Å². The summed E-state index contributed by atoms with van der Waals surface area (Å²) < 4.78 is 14.0. The first kappa shape index (κ1) is 13.5. The summed E-state index contributed by atoms with van der Waals surface area (Å²) in [4.78, 5) is 11.0. The number of hydrogen-bond donors (Lipinski definition) is 1. The van der Waals surface area contributed by atoms with Crippen LogP contribution in [0, 0.1) is 11.2 Å². The van der Waals surface area contributed by atoms with Crippen LogP contribution in [0.15, 0.2) is 16.6 Å². The number of carbonyl (C=O) groups is 1. The molecule has 0 unspecified atom stereocenters. The van der Waals surface area contributed by atoms with Crippen molar-refractivity contribution >= 4 is 33.5 Å². The SMILES string of the molecule is CC(C)(Cc1c(Cl)ccc(Br)c1F)C(=O)O. The van der Waals surface area contributed by atoms with Gasteiger partial charge in [0.05, 0.1) is 9.89 Å². The molecule has 1 N–H and O–H groups in total. The van der Waals surface area contributed by atoms with E-state index in [1.165, 1.54) is 19.9 Å². The quantitative estimate of drug-likeness (QED) is 0.860. The minimum absolute atomic E-state index is 0.0481. The van der Waals surface area contributed by atoms with E-state index in [1.54, 1.807) is 6.07 Å². The molecule has 0 saturated heterocycles. The maximum Gasteiger partial charge on any atom is 0.309 e. The molecule has 5 heteroatoms. The topological polar surface area (TPSA) is 37.3 Å². The van der Waals surface area contributed by atoms with Crippen LogP contribution in [0.1, 0.15) is 19.4 Å². The zero-order valence-corrected chi connectivity index (χ0v) is 11.2. The molecule has 1 aromatic carbocycles. The Kier molecular flexibility index (Phi) is 3.97. The van der Waals surface area contributed by atoms with Crippen molar-refractivity contribution in [2.75, 3.05) is 0 Å². The van der Waals surface area contributed by atoms with E-state index in [-0.39, 0.29) is 21.5 Å². The third kappa shape index (κ3) is 2.74. The summed E-state index contributed by atoms with van der Waals surface area (Å²) in [6.07, 6.45) is 0.0481. The van der Waals surface area contributed by atoms with Crippen molar-refractivity contribution in [1.29, 1.82) is 0 Å². The summed E-state index contributed by atoms with van der Waals surface area (Å²) in [5, 5.41) is 9.22. The molecule has 1 aromatic rings. The van der Waals surface area contributed by atoms with Crippen LogP contribution in [0.2, 0.25) is 5.02 Å². The van der Waals surface area contributed by atoms with Gasteiger partial charge in [0, 0.05) is 10.6 Å². The largest absolute Gasteiger partial charge is 0.481 e. The summed E-state index contributed by atoms with van der Waals surface area (Å²) in [7, 11) is 0. The summed E-state index contributed by atoms with van der Waals surface area (Å²) in [6, 6.07) is 3.04. The van der Waals surface area contributed by atoms with Crippen LogP contribution >= 0.6 is 27.5 Å². The molecule has 0 fully saturated rings. The highest BCUT2D eigenvalue weighted by Gasteiger charge is 2.30. The minimum Gasteiger partial charge on any atom is -0.481 e. The molecule has 0 heterocycles. The maximum atomic E-state index is 13.7. The third-order valence-electron chi connectivity index (χ3n) is 2.34. The zero-order chi connectivity index (χ0) is 12.5. The molecule has 88 valence electrons. The molecular formula is C11H11BrClFO2. The van der Waals surface area contributed by atoms with E-state index in [1.807, 2.05) is 0 Å². The Hall–Kier alpha value is -0.610. The van der Waals surface area contributed by atoms with Crippen LogP contribution in [-0.2, 0) is 11.2 Å². The average Bonchev–Trinajstić information content (AvgIpc) is 2.18. The van der Waals surface area contributed by atoms with Gasteiger partial charge in [0.25, 0.3) is 0 Å². The highest BCUT2D eigenvalue weighted by molar-refractivity contribution is 9.10. The van der Waals surface area contributed by atoms with Gasteiger partial charge in [-0.05, 0) is 48.3 Å². The second kappa shape index (κ2) is 4.72. The van der Waals surface area contributed by atoms with Gasteiger partial charge in [0.15, 0.2) is 0 Å². The van der Waals surface area contributed by atoms with Gasteiger partial charge in [0.1, 0.15) is 5.82 Å². The van der Waals surface area contributed by atoms with Crippen LogP contribution in [0.5, 0.6) is 0 Å². The highest BCUT2D eigenvalue weighted by Crippen LogP contribution is 2.31. The second-order valence-corrected chi connectivity index (χ2v) is 5.45. The number of carboxylic acids is 1.